The van der Waals surface area contributed by atoms with Gasteiger partial charge in [-0.05, 0) is 25.7 Å². The standard InChI is InChI=1S/C7H10NO/c9-5-8(6-1-2-6)7-3-4-7/h6-7H,1-4H2. The van der Waals surface area contributed by atoms with Gasteiger partial charge in [-0.1, -0.05) is 0 Å². The van der Waals surface area contributed by atoms with Gasteiger partial charge in [-0.15, -0.1) is 0 Å². The molecule has 49 valence electrons. The Bertz CT molecular complexity index is 115. The van der Waals surface area contributed by atoms with Gasteiger partial charge in [0.05, 0.1) is 0 Å². The van der Waals surface area contributed by atoms with Crippen molar-refractivity contribution in [2.45, 2.75) is 37.8 Å². The summed E-state index contributed by atoms with van der Waals surface area (Å²) in [6.45, 7) is 0. The first-order valence-electron chi connectivity index (χ1n) is 3.58. The SMILES string of the molecule is O=[C]N(C1CC1)C1CC1. The summed E-state index contributed by atoms with van der Waals surface area (Å²) in [6, 6.07) is 1.16. The fraction of sp³-hybridized carbons (Fsp3) is 0.857. The van der Waals surface area contributed by atoms with Crippen molar-refractivity contribution in [1.82, 2.24) is 4.90 Å². The van der Waals surface area contributed by atoms with E-state index >= 15 is 0 Å². The maximum absolute atomic E-state index is 10.3. The summed E-state index contributed by atoms with van der Waals surface area (Å²) < 4.78 is 0. The van der Waals surface area contributed by atoms with Crippen molar-refractivity contribution >= 4 is 6.41 Å². The molecule has 0 unspecified atom stereocenters. The minimum atomic E-state index is 0.579. The first kappa shape index (κ1) is 5.27. The average Bonchev–Trinajstić information content (AvgIpc) is 2.61. The number of amides is 1. The molecule has 0 spiro atoms. The van der Waals surface area contributed by atoms with Gasteiger partial charge in [0.1, 0.15) is 0 Å². The van der Waals surface area contributed by atoms with E-state index in [-0.39, 0.29) is 0 Å². The van der Waals surface area contributed by atoms with Crippen LogP contribution in [0.5, 0.6) is 0 Å². The molecular weight excluding hydrogens is 114 g/mol. The monoisotopic (exact) mass is 124 g/mol. The highest BCUT2D eigenvalue weighted by atomic mass is 16.1. The van der Waals surface area contributed by atoms with Crippen molar-refractivity contribution in [2.75, 3.05) is 0 Å². The number of hydrogen-bond donors (Lipinski definition) is 0. The number of hydrogen-bond acceptors (Lipinski definition) is 1. The highest BCUT2D eigenvalue weighted by Crippen LogP contribution is 2.35. The Kier molecular flexibility index (Phi) is 1.01. The lowest BCUT2D eigenvalue weighted by Crippen LogP contribution is -2.26. The molecule has 0 saturated heterocycles. The van der Waals surface area contributed by atoms with E-state index in [0.29, 0.717) is 12.1 Å². The molecule has 2 fully saturated rings. The van der Waals surface area contributed by atoms with Gasteiger partial charge in [-0.25, -0.2) is 0 Å². The minimum Gasteiger partial charge on any atom is -0.328 e. The average molecular weight is 124 g/mol. The van der Waals surface area contributed by atoms with Crippen molar-refractivity contribution < 1.29 is 4.79 Å². The molecule has 0 N–H and O–H groups in total. The second-order valence-electron chi connectivity index (χ2n) is 2.96. The third-order valence-corrected chi connectivity index (χ3v) is 1.99. The van der Waals surface area contributed by atoms with Gasteiger partial charge in [0, 0.05) is 12.1 Å². The molecule has 0 aliphatic heterocycles. The molecule has 1 radical (unpaired) electrons. The molecule has 9 heavy (non-hydrogen) atoms. The maximum Gasteiger partial charge on any atom is 0.312 e. The van der Waals surface area contributed by atoms with E-state index in [2.05, 4.69) is 0 Å². The molecule has 2 nitrogen and oxygen atoms in total. The van der Waals surface area contributed by atoms with Crippen LogP contribution in [-0.4, -0.2) is 23.4 Å². The van der Waals surface area contributed by atoms with Crippen LogP contribution in [0.25, 0.3) is 0 Å². The molecule has 2 heteroatoms. The molecule has 1 amide bonds. The smallest absolute Gasteiger partial charge is 0.312 e. The molecule has 2 saturated carbocycles. The Balaban J connectivity index is 1.92. The zero-order chi connectivity index (χ0) is 6.27. The predicted molar refractivity (Wildman–Crippen MR) is 33.6 cm³/mol. The van der Waals surface area contributed by atoms with Crippen molar-refractivity contribution in [2.24, 2.45) is 0 Å². The Morgan fingerprint density at radius 3 is 1.78 bits per heavy atom. The van der Waals surface area contributed by atoms with E-state index in [4.69, 9.17) is 0 Å². The normalized spacial score (nSPS) is 25.8. The van der Waals surface area contributed by atoms with Gasteiger partial charge >= 0.3 is 6.41 Å². The second kappa shape index (κ2) is 1.72. The Hall–Kier alpha value is -0.530. The van der Waals surface area contributed by atoms with E-state index < -0.39 is 0 Å². The van der Waals surface area contributed by atoms with Gasteiger partial charge in [0.25, 0.3) is 0 Å². The van der Waals surface area contributed by atoms with E-state index in [0.717, 1.165) is 0 Å². The molecule has 0 heterocycles. The third-order valence-electron chi connectivity index (χ3n) is 1.99. The number of rotatable bonds is 3. The predicted octanol–water partition coefficient (Wildman–Crippen LogP) is 0.680. The molecule has 0 bridgehead atoms. The minimum absolute atomic E-state index is 0.579. The topological polar surface area (TPSA) is 20.3 Å². The summed E-state index contributed by atoms with van der Waals surface area (Å²) in [5.41, 5.74) is 0. The van der Waals surface area contributed by atoms with E-state index in [1.165, 1.54) is 25.7 Å². The molecule has 2 aliphatic rings. The Morgan fingerprint density at radius 2 is 1.56 bits per heavy atom. The van der Waals surface area contributed by atoms with E-state index in [1.54, 1.807) is 0 Å². The maximum atomic E-state index is 10.3. The second-order valence-corrected chi connectivity index (χ2v) is 2.96. The quantitative estimate of drug-likeness (QED) is 0.507. The molecule has 0 aromatic carbocycles. The zero-order valence-corrected chi connectivity index (χ0v) is 5.34. The highest BCUT2D eigenvalue weighted by molar-refractivity contribution is 5.51. The summed E-state index contributed by atoms with van der Waals surface area (Å²) in [5.74, 6) is 0. The van der Waals surface area contributed by atoms with Crippen LogP contribution in [0.2, 0.25) is 0 Å². The lowest BCUT2D eigenvalue weighted by atomic mass is 10.5. The van der Waals surface area contributed by atoms with Crippen LogP contribution in [-0.2, 0) is 4.79 Å². The lowest BCUT2D eigenvalue weighted by molar-refractivity contribution is 0.363. The van der Waals surface area contributed by atoms with Crippen LogP contribution in [0.15, 0.2) is 0 Å². The van der Waals surface area contributed by atoms with Gasteiger partial charge in [0.15, 0.2) is 0 Å². The molecular formula is C7H10NO. The molecule has 2 aliphatic carbocycles. The van der Waals surface area contributed by atoms with Crippen LogP contribution in [0.4, 0.5) is 0 Å². The van der Waals surface area contributed by atoms with Gasteiger partial charge in [-0.3, -0.25) is 4.79 Å². The van der Waals surface area contributed by atoms with Crippen molar-refractivity contribution in [3.8, 4) is 0 Å². The van der Waals surface area contributed by atoms with Crippen LogP contribution >= 0.6 is 0 Å². The molecule has 2 rings (SSSR count). The summed E-state index contributed by atoms with van der Waals surface area (Å²) in [5, 5.41) is 0. The van der Waals surface area contributed by atoms with Gasteiger partial charge in [0.2, 0.25) is 0 Å². The molecule has 0 aromatic heterocycles. The fourth-order valence-corrected chi connectivity index (χ4v) is 1.15. The summed E-state index contributed by atoms with van der Waals surface area (Å²) in [4.78, 5) is 12.1. The van der Waals surface area contributed by atoms with Crippen LogP contribution < -0.4 is 0 Å². The summed E-state index contributed by atoms with van der Waals surface area (Å²) in [7, 11) is 0. The first-order chi connectivity index (χ1) is 4.42. The largest absolute Gasteiger partial charge is 0.328 e. The van der Waals surface area contributed by atoms with E-state index in [1.807, 2.05) is 11.3 Å². The number of carbonyl (C=O) groups excluding carboxylic acids is 1. The number of nitrogens with zero attached hydrogens (tertiary/aromatic N) is 1. The van der Waals surface area contributed by atoms with Crippen LogP contribution in [0.3, 0.4) is 0 Å². The molecule has 0 atom stereocenters. The van der Waals surface area contributed by atoms with Crippen molar-refractivity contribution in [3.05, 3.63) is 0 Å². The van der Waals surface area contributed by atoms with Crippen LogP contribution in [0, 0.1) is 0 Å². The highest BCUT2D eigenvalue weighted by Gasteiger charge is 2.38. The van der Waals surface area contributed by atoms with Crippen molar-refractivity contribution in [1.29, 1.82) is 0 Å². The van der Waals surface area contributed by atoms with Crippen LogP contribution in [0.1, 0.15) is 25.7 Å². The Morgan fingerprint density at radius 1 is 1.11 bits per heavy atom. The Labute approximate surface area is 54.8 Å². The lowest BCUT2D eigenvalue weighted by Gasteiger charge is -2.12. The van der Waals surface area contributed by atoms with Crippen molar-refractivity contribution in [3.63, 3.8) is 0 Å². The van der Waals surface area contributed by atoms with Gasteiger partial charge in [-0.2, -0.15) is 0 Å². The first-order valence-corrected chi connectivity index (χ1v) is 3.58. The summed E-state index contributed by atoms with van der Waals surface area (Å²) >= 11 is 0. The van der Waals surface area contributed by atoms with E-state index in [9.17, 15) is 4.79 Å². The summed E-state index contributed by atoms with van der Waals surface area (Å²) in [6.07, 6.45) is 6.87. The third kappa shape index (κ3) is 0.934. The molecule has 0 aromatic rings. The fourth-order valence-electron chi connectivity index (χ4n) is 1.15. The van der Waals surface area contributed by atoms with Gasteiger partial charge < -0.3 is 4.90 Å². The zero-order valence-electron chi connectivity index (χ0n) is 5.34.